The van der Waals surface area contributed by atoms with Gasteiger partial charge < -0.3 is 18.3 Å². The van der Waals surface area contributed by atoms with Crippen LogP contribution in [0.3, 0.4) is 0 Å². The van der Waals surface area contributed by atoms with E-state index in [-0.39, 0.29) is 28.2 Å². The first-order valence-electron chi connectivity index (χ1n) is 11.4. The van der Waals surface area contributed by atoms with Crippen LogP contribution in [-0.4, -0.2) is 47.8 Å². The quantitative estimate of drug-likeness (QED) is 0.171. The summed E-state index contributed by atoms with van der Waals surface area (Å²) < 4.78 is 25.5. The predicted molar refractivity (Wildman–Crippen MR) is 136 cm³/mol. The Morgan fingerprint density at radius 2 is 1.39 bits per heavy atom. The van der Waals surface area contributed by atoms with Crippen LogP contribution < -0.4 is 0 Å². The summed E-state index contributed by atoms with van der Waals surface area (Å²) in [4.78, 5) is 0. The molecule has 0 radical (unpaired) electrons. The number of hydrogen-bond acceptors (Lipinski definition) is 4. The van der Waals surface area contributed by atoms with Gasteiger partial charge in [-0.3, -0.25) is 0 Å². The highest BCUT2D eigenvalue weighted by atomic mass is 28.4. The van der Waals surface area contributed by atoms with Crippen LogP contribution in [0.4, 0.5) is 0 Å². The van der Waals surface area contributed by atoms with Crippen LogP contribution >= 0.6 is 0 Å². The van der Waals surface area contributed by atoms with Gasteiger partial charge in [-0.1, -0.05) is 54.0 Å². The van der Waals surface area contributed by atoms with Gasteiger partial charge >= 0.3 is 0 Å². The van der Waals surface area contributed by atoms with Gasteiger partial charge in [0.05, 0.1) is 12.2 Å². The number of ether oxygens (including phenoxy) is 2. The first kappa shape index (κ1) is 28.6. The minimum Gasteiger partial charge on any atom is -0.413 e. The van der Waals surface area contributed by atoms with E-state index in [0.29, 0.717) is 0 Å². The highest BCUT2D eigenvalue weighted by molar-refractivity contribution is 6.74. The van der Waals surface area contributed by atoms with Crippen molar-refractivity contribution < 1.29 is 18.3 Å². The van der Waals surface area contributed by atoms with Crippen molar-refractivity contribution in [2.75, 3.05) is 7.11 Å². The number of hydrogen-bond donors (Lipinski definition) is 0. The number of terminal acetylenes is 1. The van der Waals surface area contributed by atoms with Crippen LogP contribution in [0.25, 0.3) is 0 Å². The lowest BCUT2D eigenvalue weighted by atomic mass is 9.95. The normalized spacial score (nSPS) is 24.9. The molecule has 1 fully saturated rings. The summed E-state index contributed by atoms with van der Waals surface area (Å²) in [6.07, 6.45) is 6.08. The number of methoxy groups -OCH3 is 1. The second-order valence-corrected chi connectivity index (χ2v) is 21.9. The van der Waals surface area contributed by atoms with Crippen LogP contribution in [0.15, 0.2) is 12.2 Å². The highest BCUT2D eigenvalue weighted by Gasteiger charge is 2.51. The van der Waals surface area contributed by atoms with Gasteiger partial charge in [-0.25, -0.2) is 0 Å². The van der Waals surface area contributed by atoms with E-state index in [0.717, 1.165) is 12.0 Å². The average molecular weight is 469 g/mol. The van der Waals surface area contributed by atoms with Crippen LogP contribution in [0.5, 0.6) is 0 Å². The molecule has 4 atom stereocenters. The molecule has 0 N–H and O–H groups in total. The Hall–Kier alpha value is -0.426. The molecule has 0 aromatic heterocycles. The van der Waals surface area contributed by atoms with Crippen LogP contribution in [0.1, 0.15) is 61.8 Å². The molecule has 180 valence electrons. The van der Waals surface area contributed by atoms with E-state index in [1.165, 1.54) is 0 Å². The van der Waals surface area contributed by atoms with Crippen molar-refractivity contribution in [3.63, 3.8) is 0 Å². The zero-order valence-corrected chi connectivity index (χ0v) is 24.4. The molecule has 0 unspecified atom stereocenters. The third-order valence-corrected chi connectivity index (χ3v) is 16.6. The van der Waals surface area contributed by atoms with Gasteiger partial charge in [0.2, 0.25) is 0 Å². The maximum atomic E-state index is 6.90. The van der Waals surface area contributed by atoms with E-state index >= 15 is 0 Å². The first-order valence-corrected chi connectivity index (χ1v) is 17.2. The molecular formula is C25H48O4Si2. The van der Waals surface area contributed by atoms with Gasteiger partial charge in [0, 0.05) is 19.4 Å². The first-order chi connectivity index (χ1) is 13.7. The molecule has 31 heavy (non-hydrogen) atoms. The van der Waals surface area contributed by atoms with Crippen molar-refractivity contribution in [3.05, 3.63) is 12.2 Å². The molecule has 4 nitrogen and oxygen atoms in total. The monoisotopic (exact) mass is 468 g/mol. The molecule has 0 heterocycles. The van der Waals surface area contributed by atoms with Crippen molar-refractivity contribution in [1.29, 1.82) is 0 Å². The zero-order valence-electron chi connectivity index (χ0n) is 22.4. The maximum Gasteiger partial charge on any atom is 0.192 e. The topological polar surface area (TPSA) is 36.9 Å². The summed E-state index contributed by atoms with van der Waals surface area (Å²) in [6.45, 7) is 30.9. The van der Waals surface area contributed by atoms with Crippen molar-refractivity contribution in [2.24, 2.45) is 5.92 Å². The van der Waals surface area contributed by atoms with Gasteiger partial charge in [-0.05, 0) is 55.7 Å². The van der Waals surface area contributed by atoms with Crippen LogP contribution in [-0.2, 0) is 18.3 Å². The van der Waals surface area contributed by atoms with Gasteiger partial charge in [0.25, 0.3) is 0 Å². The Kier molecular flexibility index (Phi) is 8.71. The Labute approximate surface area is 194 Å². The van der Waals surface area contributed by atoms with E-state index in [1.54, 1.807) is 7.11 Å². The summed E-state index contributed by atoms with van der Waals surface area (Å²) >= 11 is 0. The molecule has 1 aliphatic rings. The molecule has 0 aromatic carbocycles. The van der Waals surface area contributed by atoms with E-state index < -0.39 is 28.5 Å². The van der Waals surface area contributed by atoms with Crippen molar-refractivity contribution in [3.8, 4) is 12.3 Å². The molecule has 6 heteroatoms. The summed E-state index contributed by atoms with van der Waals surface area (Å²) in [6, 6.07) is 0. The molecule has 0 aromatic rings. The van der Waals surface area contributed by atoms with E-state index in [1.807, 2.05) is 13.8 Å². The summed E-state index contributed by atoms with van der Waals surface area (Å²) in [5, 5.41) is 0.205. The van der Waals surface area contributed by atoms with Crippen molar-refractivity contribution >= 4 is 16.6 Å². The van der Waals surface area contributed by atoms with E-state index in [4.69, 9.17) is 24.7 Å². The third-order valence-electron chi connectivity index (χ3n) is 7.58. The lowest BCUT2D eigenvalue weighted by molar-refractivity contribution is -0.221. The third kappa shape index (κ3) is 6.78. The Morgan fingerprint density at radius 1 is 0.935 bits per heavy atom. The SMILES string of the molecule is C#C[C@H](OC(C)(C)OC)[C@@H]1C(=C)[C@@H](O[Si](C)(C)C(C)(C)C)C[C@H]1O[Si](C)(C)C(C)(C)C. The molecule has 1 saturated carbocycles. The summed E-state index contributed by atoms with van der Waals surface area (Å²) in [7, 11) is -2.39. The van der Waals surface area contributed by atoms with Gasteiger partial charge in [-0.2, -0.15) is 0 Å². The highest BCUT2D eigenvalue weighted by Crippen LogP contribution is 2.47. The molecule has 1 rings (SSSR count). The Morgan fingerprint density at radius 3 is 1.77 bits per heavy atom. The molecule has 0 bridgehead atoms. The fourth-order valence-electron chi connectivity index (χ4n) is 3.25. The summed E-state index contributed by atoms with van der Waals surface area (Å²) in [5.74, 6) is 1.93. The second kappa shape index (κ2) is 9.44. The zero-order chi connectivity index (χ0) is 24.6. The Bertz CT molecular complexity index is 677. The molecule has 0 amide bonds. The molecule has 0 saturated heterocycles. The van der Waals surface area contributed by atoms with Crippen molar-refractivity contribution in [1.82, 2.24) is 0 Å². The molecule has 0 aliphatic heterocycles. The number of rotatable bonds is 8. The molecular weight excluding hydrogens is 420 g/mol. The fraction of sp³-hybridized carbons (Fsp3) is 0.840. The minimum absolute atomic E-state index is 0.0780. The average Bonchev–Trinajstić information content (AvgIpc) is 2.85. The van der Waals surface area contributed by atoms with E-state index in [2.05, 4.69) is 80.2 Å². The van der Waals surface area contributed by atoms with Gasteiger partial charge in [0.15, 0.2) is 22.4 Å². The van der Waals surface area contributed by atoms with Gasteiger partial charge in [0.1, 0.15) is 6.10 Å². The Balaban J connectivity index is 3.33. The lowest BCUT2D eigenvalue weighted by Crippen LogP contribution is -2.47. The van der Waals surface area contributed by atoms with Crippen molar-refractivity contribution in [2.45, 2.75) is 122 Å². The maximum absolute atomic E-state index is 6.90. The smallest absolute Gasteiger partial charge is 0.192 e. The largest absolute Gasteiger partial charge is 0.413 e. The summed E-state index contributed by atoms with van der Waals surface area (Å²) in [5.41, 5.74) is 0.989. The van der Waals surface area contributed by atoms with Crippen LogP contribution in [0, 0.1) is 18.3 Å². The molecule has 1 aliphatic carbocycles. The lowest BCUT2D eigenvalue weighted by Gasteiger charge is -2.41. The predicted octanol–water partition coefficient (Wildman–Crippen LogP) is 6.74. The minimum atomic E-state index is -2.03. The van der Waals surface area contributed by atoms with Crippen LogP contribution in [0.2, 0.25) is 36.3 Å². The second-order valence-electron chi connectivity index (χ2n) is 12.4. The fourth-order valence-corrected chi connectivity index (χ4v) is 5.92. The van der Waals surface area contributed by atoms with Gasteiger partial charge in [-0.15, -0.1) is 6.42 Å². The van der Waals surface area contributed by atoms with E-state index in [9.17, 15) is 0 Å². The standard InChI is InChI=1S/C25H48O4Si2/c1-16-19(27-25(9,10)26-11)22-18(2)20(28-30(12,13)23(3,4)5)17-21(22)29-31(14,15)24(6,7)8/h1,19-22H,2,17H2,3-15H3/t19-,20-,21+,22-/m0/s1. The molecule has 0 spiro atoms.